The lowest BCUT2D eigenvalue weighted by Gasteiger charge is -2.26. The maximum Gasteiger partial charge on any atom is 0.244 e. The SMILES string of the molecule is Cc1cccc(-c2nc3cc4c(cc3cc2CN(CCN(C)C)C(=O)Cn2ccc(C)n2)CCC4)c1. The van der Waals surface area contributed by atoms with Crippen LogP contribution in [-0.2, 0) is 30.7 Å². The van der Waals surface area contributed by atoms with Crippen molar-refractivity contribution in [2.45, 2.75) is 46.2 Å². The lowest BCUT2D eigenvalue weighted by molar-refractivity contribution is -0.132. The van der Waals surface area contributed by atoms with Gasteiger partial charge in [0.15, 0.2) is 0 Å². The molecule has 1 aliphatic carbocycles. The second-order valence-corrected chi connectivity index (χ2v) is 10.3. The molecule has 5 rings (SSSR count). The fraction of sp³-hybridized carbons (Fsp3) is 0.367. The van der Waals surface area contributed by atoms with Crippen LogP contribution in [0.15, 0.2) is 54.7 Å². The Morgan fingerprint density at radius 2 is 1.81 bits per heavy atom. The van der Waals surface area contributed by atoms with Crippen LogP contribution in [0.25, 0.3) is 22.2 Å². The van der Waals surface area contributed by atoms with E-state index in [1.54, 1.807) is 4.68 Å². The molecule has 2 heterocycles. The summed E-state index contributed by atoms with van der Waals surface area (Å²) in [4.78, 5) is 22.7. The van der Waals surface area contributed by atoms with Crippen molar-refractivity contribution >= 4 is 16.8 Å². The minimum atomic E-state index is 0.0594. The number of benzene rings is 2. The summed E-state index contributed by atoms with van der Waals surface area (Å²) in [7, 11) is 4.08. The number of aromatic nitrogens is 3. The molecule has 186 valence electrons. The number of hydrogen-bond acceptors (Lipinski definition) is 4. The van der Waals surface area contributed by atoms with E-state index < -0.39 is 0 Å². The van der Waals surface area contributed by atoms with Crippen molar-refractivity contribution in [3.63, 3.8) is 0 Å². The second kappa shape index (κ2) is 10.2. The number of nitrogens with zero attached hydrogens (tertiary/aromatic N) is 5. The van der Waals surface area contributed by atoms with Crippen molar-refractivity contribution in [3.05, 3.63) is 82.7 Å². The first-order valence-electron chi connectivity index (χ1n) is 12.8. The zero-order valence-corrected chi connectivity index (χ0v) is 21.8. The predicted octanol–water partition coefficient (Wildman–Crippen LogP) is 4.79. The highest BCUT2D eigenvalue weighted by Gasteiger charge is 2.20. The van der Waals surface area contributed by atoms with Gasteiger partial charge in [-0.25, -0.2) is 4.98 Å². The van der Waals surface area contributed by atoms with Crippen LogP contribution in [0.1, 0.15) is 34.4 Å². The fourth-order valence-electron chi connectivity index (χ4n) is 5.06. The van der Waals surface area contributed by atoms with Crippen LogP contribution >= 0.6 is 0 Å². The Labute approximate surface area is 213 Å². The average Bonchev–Trinajstić information content (AvgIpc) is 3.47. The molecule has 0 saturated heterocycles. The molecule has 6 heteroatoms. The first kappa shape index (κ1) is 24.2. The molecular weight excluding hydrogens is 446 g/mol. The van der Waals surface area contributed by atoms with Gasteiger partial charge in [-0.15, -0.1) is 0 Å². The molecule has 0 unspecified atom stereocenters. The average molecular weight is 482 g/mol. The van der Waals surface area contributed by atoms with Gasteiger partial charge in [-0.05, 0) is 94.2 Å². The third-order valence-corrected chi connectivity index (χ3v) is 7.00. The van der Waals surface area contributed by atoms with Gasteiger partial charge in [0.1, 0.15) is 6.54 Å². The van der Waals surface area contributed by atoms with Gasteiger partial charge in [0.05, 0.1) is 16.9 Å². The van der Waals surface area contributed by atoms with Crippen LogP contribution in [0.3, 0.4) is 0 Å². The molecule has 0 aliphatic heterocycles. The van der Waals surface area contributed by atoms with E-state index in [9.17, 15) is 4.79 Å². The fourth-order valence-corrected chi connectivity index (χ4v) is 5.06. The van der Waals surface area contributed by atoms with E-state index >= 15 is 0 Å². The standard InChI is InChI=1S/C30H35N5O/c1-21-7-5-10-25(15-21)30-27(17-26-16-23-8-6-9-24(23)18-28(26)31-30)19-34(14-13-33(3)4)29(36)20-35-12-11-22(2)32-35/h5,7,10-12,15-18H,6,8-9,13-14,19-20H2,1-4H3. The maximum atomic E-state index is 13.5. The molecule has 2 aromatic carbocycles. The molecular formula is C30H35N5O. The van der Waals surface area contributed by atoms with Gasteiger partial charge < -0.3 is 9.80 Å². The summed E-state index contributed by atoms with van der Waals surface area (Å²) in [6.07, 6.45) is 5.35. The minimum absolute atomic E-state index is 0.0594. The van der Waals surface area contributed by atoms with Crippen molar-refractivity contribution in [1.82, 2.24) is 24.6 Å². The smallest absolute Gasteiger partial charge is 0.244 e. The summed E-state index contributed by atoms with van der Waals surface area (Å²) < 4.78 is 1.73. The van der Waals surface area contributed by atoms with Gasteiger partial charge in [0.25, 0.3) is 0 Å². The molecule has 0 saturated carbocycles. The number of hydrogen-bond donors (Lipinski definition) is 0. The lowest BCUT2D eigenvalue weighted by atomic mass is 9.99. The van der Waals surface area contributed by atoms with E-state index in [1.165, 1.54) is 23.1 Å². The first-order valence-corrected chi connectivity index (χ1v) is 12.8. The third-order valence-electron chi connectivity index (χ3n) is 7.00. The highest BCUT2D eigenvalue weighted by atomic mass is 16.2. The monoisotopic (exact) mass is 481 g/mol. The highest BCUT2D eigenvalue weighted by Crippen LogP contribution is 2.31. The molecule has 6 nitrogen and oxygen atoms in total. The topological polar surface area (TPSA) is 54.3 Å². The molecule has 0 fully saturated rings. The van der Waals surface area contributed by atoms with Crippen LogP contribution in [0.4, 0.5) is 0 Å². The number of carbonyl (C=O) groups is 1. The van der Waals surface area contributed by atoms with Crippen LogP contribution < -0.4 is 0 Å². The summed E-state index contributed by atoms with van der Waals surface area (Å²) >= 11 is 0. The quantitative estimate of drug-likeness (QED) is 0.363. The summed E-state index contributed by atoms with van der Waals surface area (Å²) in [6.45, 7) is 6.22. The largest absolute Gasteiger partial charge is 0.335 e. The van der Waals surface area contributed by atoms with Gasteiger partial charge in [0.2, 0.25) is 5.91 Å². The molecule has 0 N–H and O–H groups in total. The highest BCUT2D eigenvalue weighted by molar-refractivity contribution is 5.85. The third kappa shape index (κ3) is 5.34. The van der Waals surface area contributed by atoms with Crippen LogP contribution in [0.2, 0.25) is 0 Å². The van der Waals surface area contributed by atoms with Crippen molar-refractivity contribution in [3.8, 4) is 11.3 Å². The summed E-state index contributed by atoms with van der Waals surface area (Å²) in [5.41, 5.74) is 9.14. The van der Waals surface area contributed by atoms with Gasteiger partial charge in [0, 0.05) is 36.8 Å². The number of amides is 1. The number of rotatable bonds is 8. The van der Waals surface area contributed by atoms with Gasteiger partial charge in [-0.2, -0.15) is 5.10 Å². The van der Waals surface area contributed by atoms with Crippen molar-refractivity contribution < 1.29 is 4.79 Å². The van der Waals surface area contributed by atoms with Crippen molar-refractivity contribution in [2.75, 3.05) is 27.2 Å². The molecule has 2 aromatic heterocycles. The molecule has 1 aliphatic rings. The number of aryl methyl sites for hydroxylation is 4. The van der Waals surface area contributed by atoms with Gasteiger partial charge in [-0.3, -0.25) is 9.48 Å². The Balaban J connectivity index is 1.55. The number of carbonyl (C=O) groups excluding carboxylic acids is 1. The zero-order valence-electron chi connectivity index (χ0n) is 21.8. The molecule has 0 radical (unpaired) electrons. The number of pyridine rings is 1. The summed E-state index contributed by atoms with van der Waals surface area (Å²) in [5, 5.41) is 5.59. The Morgan fingerprint density at radius 3 is 2.53 bits per heavy atom. The zero-order chi connectivity index (χ0) is 25.2. The number of likely N-dealkylation sites (N-methyl/N-ethyl adjacent to an activating group) is 1. The first-order chi connectivity index (χ1) is 17.4. The number of fused-ring (bicyclic) bond motifs is 2. The summed E-state index contributed by atoms with van der Waals surface area (Å²) in [5.74, 6) is 0.0594. The Hall–Kier alpha value is -3.51. The van der Waals surface area contributed by atoms with E-state index in [0.717, 1.165) is 52.8 Å². The maximum absolute atomic E-state index is 13.5. The van der Waals surface area contributed by atoms with E-state index in [0.29, 0.717) is 13.1 Å². The van der Waals surface area contributed by atoms with E-state index in [1.807, 2.05) is 38.2 Å². The molecule has 4 aromatic rings. The summed E-state index contributed by atoms with van der Waals surface area (Å²) in [6, 6.07) is 17.3. The lowest BCUT2D eigenvalue weighted by Crippen LogP contribution is -2.38. The van der Waals surface area contributed by atoms with Crippen LogP contribution in [0.5, 0.6) is 0 Å². The Morgan fingerprint density at radius 1 is 1.00 bits per heavy atom. The molecule has 36 heavy (non-hydrogen) atoms. The second-order valence-electron chi connectivity index (χ2n) is 10.3. The van der Waals surface area contributed by atoms with E-state index in [2.05, 4.69) is 59.4 Å². The Kier molecular flexibility index (Phi) is 6.88. The van der Waals surface area contributed by atoms with E-state index in [4.69, 9.17) is 4.98 Å². The molecule has 0 bridgehead atoms. The normalized spacial score (nSPS) is 12.9. The van der Waals surface area contributed by atoms with Gasteiger partial charge >= 0.3 is 0 Å². The molecule has 0 atom stereocenters. The predicted molar refractivity (Wildman–Crippen MR) is 145 cm³/mol. The van der Waals surface area contributed by atoms with Crippen molar-refractivity contribution in [2.24, 2.45) is 0 Å². The van der Waals surface area contributed by atoms with E-state index in [-0.39, 0.29) is 12.5 Å². The van der Waals surface area contributed by atoms with Crippen molar-refractivity contribution in [1.29, 1.82) is 0 Å². The van der Waals surface area contributed by atoms with Gasteiger partial charge in [-0.1, -0.05) is 23.8 Å². The minimum Gasteiger partial charge on any atom is -0.335 e. The van der Waals surface area contributed by atoms with Crippen LogP contribution in [0, 0.1) is 13.8 Å². The Bertz CT molecular complexity index is 1400. The molecule has 0 spiro atoms. The van der Waals surface area contributed by atoms with Crippen LogP contribution in [-0.4, -0.2) is 57.7 Å². The molecule has 1 amide bonds.